The average Bonchev–Trinajstić information content (AvgIpc) is 3.19. The van der Waals surface area contributed by atoms with E-state index in [0.717, 1.165) is 44.7 Å². The minimum absolute atomic E-state index is 0.209. The summed E-state index contributed by atoms with van der Waals surface area (Å²) in [4.78, 5) is 13.3. The summed E-state index contributed by atoms with van der Waals surface area (Å²) < 4.78 is 0. The molecule has 3 aliphatic rings. The molecule has 1 heterocycles. The van der Waals surface area contributed by atoms with Crippen LogP contribution in [0.4, 0.5) is 0 Å². The van der Waals surface area contributed by atoms with Crippen molar-refractivity contribution in [3.8, 4) is 0 Å². The lowest BCUT2D eigenvalue weighted by Crippen LogP contribution is -2.54. The number of carbonyl (C=O) groups excluding carboxylic acids is 1. The fraction of sp³-hybridized carbons (Fsp3) is 0.650. The Hall–Kier alpha value is -1.39. The predicted molar refractivity (Wildman–Crippen MR) is 93.0 cm³/mol. The molecule has 24 heavy (non-hydrogen) atoms. The summed E-state index contributed by atoms with van der Waals surface area (Å²) >= 11 is 0. The molecule has 4 nitrogen and oxygen atoms in total. The lowest BCUT2D eigenvalue weighted by Gasteiger charge is -2.39. The Balaban J connectivity index is 1.51. The molecule has 1 saturated heterocycles. The van der Waals surface area contributed by atoms with E-state index in [9.17, 15) is 9.90 Å². The zero-order chi connectivity index (χ0) is 16.6. The number of nitrogens with one attached hydrogen (secondary N) is 1. The Kier molecular flexibility index (Phi) is 4.35. The topological polar surface area (TPSA) is 52.6 Å². The molecule has 2 saturated carbocycles. The van der Waals surface area contributed by atoms with Crippen molar-refractivity contribution in [3.63, 3.8) is 0 Å². The van der Waals surface area contributed by atoms with Crippen LogP contribution in [0.25, 0.3) is 0 Å². The van der Waals surface area contributed by atoms with Crippen LogP contribution in [0.1, 0.15) is 44.1 Å². The van der Waals surface area contributed by atoms with Gasteiger partial charge in [0, 0.05) is 13.1 Å². The van der Waals surface area contributed by atoms with Gasteiger partial charge in [-0.25, -0.2) is 5.01 Å². The number of hydrogen-bond donors (Lipinski definition) is 2. The number of amides is 1. The van der Waals surface area contributed by atoms with Gasteiger partial charge in [-0.15, -0.1) is 0 Å². The van der Waals surface area contributed by atoms with Crippen molar-refractivity contribution < 1.29 is 9.90 Å². The Morgan fingerprint density at radius 1 is 1.17 bits per heavy atom. The highest BCUT2D eigenvalue weighted by Gasteiger charge is 2.55. The second-order valence-electron chi connectivity index (χ2n) is 8.06. The molecule has 4 heteroatoms. The number of nitrogens with zero attached hydrogens (tertiary/aromatic N) is 1. The molecule has 3 unspecified atom stereocenters. The van der Waals surface area contributed by atoms with Gasteiger partial charge in [-0.3, -0.25) is 10.2 Å². The third-order valence-electron chi connectivity index (χ3n) is 6.51. The molecule has 0 spiro atoms. The highest BCUT2D eigenvalue weighted by molar-refractivity contribution is 5.83. The fourth-order valence-corrected chi connectivity index (χ4v) is 5.21. The smallest absolute Gasteiger partial charge is 0.241 e. The number of rotatable bonds is 4. The van der Waals surface area contributed by atoms with Crippen molar-refractivity contribution in [3.05, 3.63) is 35.9 Å². The van der Waals surface area contributed by atoms with E-state index in [4.69, 9.17) is 0 Å². The van der Waals surface area contributed by atoms with Crippen molar-refractivity contribution in [1.29, 1.82) is 0 Å². The molecule has 2 N–H and O–H groups in total. The van der Waals surface area contributed by atoms with E-state index >= 15 is 0 Å². The Labute approximate surface area is 144 Å². The second-order valence-corrected chi connectivity index (χ2v) is 8.06. The minimum Gasteiger partial charge on any atom is -0.393 e. The SMILES string of the molecule is O=C(NN1CCC(O)CC1)C1(Cc2ccccc2)CC2CCC1C2. The van der Waals surface area contributed by atoms with Crippen molar-refractivity contribution in [2.75, 3.05) is 13.1 Å². The maximum Gasteiger partial charge on any atom is 0.241 e. The standard InChI is InChI=1S/C20H28N2O2/c23-18-8-10-22(11-9-18)21-19(24)20(13-15-4-2-1-3-5-15)14-16-6-7-17(20)12-16/h1-5,16-18,23H,6-14H2,(H,21,24). The zero-order valence-corrected chi connectivity index (χ0v) is 14.3. The van der Waals surface area contributed by atoms with Gasteiger partial charge in [-0.2, -0.15) is 0 Å². The Morgan fingerprint density at radius 2 is 1.92 bits per heavy atom. The first kappa shape index (κ1) is 16.1. The van der Waals surface area contributed by atoms with Crippen molar-refractivity contribution in [1.82, 2.24) is 10.4 Å². The summed E-state index contributed by atoms with van der Waals surface area (Å²) in [6.07, 6.45) is 6.90. The van der Waals surface area contributed by atoms with Crippen molar-refractivity contribution in [2.45, 2.75) is 51.0 Å². The van der Waals surface area contributed by atoms with Gasteiger partial charge < -0.3 is 5.11 Å². The molecule has 2 bridgehead atoms. The van der Waals surface area contributed by atoms with E-state index in [0.29, 0.717) is 5.92 Å². The van der Waals surface area contributed by atoms with Gasteiger partial charge in [0.15, 0.2) is 0 Å². The predicted octanol–water partition coefficient (Wildman–Crippen LogP) is 2.52. The van der Waals surface area contributed by atoms with Gasteiger partial charge in [-0.05, 0) is 55.9 Å². The normalized spacial score (nSPS) is 33.7. The van der Waals surface area contributed by atoms with E-state index < -0.39 is 0 Å². The molecular formula is C20H28N2O2. The van der Waals surface area contributed by atoms with Gasteiger partial charge in [0.2, 0.25) is 5.91 Å². The van der Waals surface area contributed by atoms with Crippen LogP contribution >= 0.6 is 0 Å². The molecule has 1 aromatic rings. The monoisotopic (exact) mass is 328 g/mol. The Morgan fingerprint density at radius 3 is 2.54 bits per heavy atom. The van der Waals surface area contributed by atoms with Crippen LogP contribution in [0.2, 0.25) is 0 Å². The number of aliphatic hydroxyl groups is 1. The van der Waals surface area contributed by atoms with Gasteiger partial charge >= 0.3 is 0 Å². The summed E-state index contributed by atoms with van der Waals surface area (Å²) in [7, 11) is 0. The van der Waals surface area contributed by atoms with Gasteiger partial charge in [0.05, 0.1) is 11.5 Å². The van der Waals surface area contributed by atoms with Crippen LogP contribution in [-0.2, 0) is 11.2 Å². The molecule has 2 aliphatic carbocycles. The molecule has 4 rings (SSSR count). The maximum absolute atomic E-state index is 13.3. The highest BCUT2D eigenvalue weighted by atomic mass is 16.3. The quantitative estimate of drug-likeness (QED) is 0.893. The number of piperidine rings is 1. The first-order chi connectivity index (χ1) is 11.7. The number of carbonyl (C=O) groups is 1. The highest BCUT2D eigenvalue weighted by Crippen LogP contribution is 2.57. The lowest BCUT2D eigenvalue weighted by atomic mass is 9.68. The minimum atomic E-state index is -0.236. The lowest BCUT2D eigenvalue weighted by molar-refractivity contribution is -0.140. The molecule has 1 aromatic carbocycles. The van der Waals surface area contributed by atoms with E-state index in [1.54, 1.807) is 0 Å². The maximum atomic E-state index is 13.3. The molecule has 3 atom stereocenters. The van der Waals surface area contributed by atoms with E-state index in [1.165, 1.54) is 24.8 Å². The molecular weight excluding hydrogens is 300 g/mol. The third-order valence-corrected chi connectivity index (χ3v) is 6.51. The molecule has 0 radical (unpaired) electrons. The summed E-state index contributed by atoms with van der Waals surface area (Å²) in [5, 5.41) is 11.7. The second kappa shape index (κ2) is 6.49. The number of hydrogen-bond acceptors (Lipinski definition) is 3. The molecule has 1 amide bonds. The van der Waals surface area contributed by atoms with E-state index in [2.05, 4.69) is 29.7 Å². The first-order valence-corrected chi connectivity index (χ1v) is 9.44. The summed E-state index contributed by atoms with van der Waals surface area (Å²) in [6, 6.07) is 10.5. The van der Waals surface area contributed by atoms with Crippen LogP contribution in [0, 0.1) is 17.3 Å². The van der Waals surface area contributed by atoms with Crippen LogP contribution in [0.3, 0.4) is 0 Å². The van der Waals surface area contributed by atoms with Crippen LogP contribution in [0.15, 0.2) is 30.3 Å². The third kappa shape index (κ3) is 2.98. The number of fused-ring (bicyclic) bond motifs is 2. The Bertz CT molecular complexity index is 583. The van der Waals surface area contributed by atoms with Gasteiger partial charge in [-0.1, -0.05) is 36.8 Å². The van der Waals surface area contributed by atoms with Crippen LogP contribution in [0.5, 0.6) is 0 Å². The zero-order valence-electron chi connectivity index (χ0n) is 14.3. The molecule has 130 valence electrons. The number of benzene rings is 1. The van der Waals surface area contributed by atoms with Gasteiger partial charge in [0.1, 0.15) is 0 Å². The summed E-state index contributed by atoms with van der Waals surface area (Å²) in [5.74, 6) is 1.47. The van der Waals surface area contributed by atoms with Crippen molar-refractivity contribution >= 4 is 5.91 Å². The van der Waals surface area contributed by atoms with E-state index in [1.807, 2.05) is 11.1 Å². The average molecular weight is 328 g/mol. The number of aliphatic hydroxyl groups excluding tert-OH is 1. The molecule has 0 aromatic heterocycles. The summed E-state index contributed by atoms with van der Waals surface area (Å²) in [6.45, 7) is 1.50. The van der Waals surface area contributed by atoms with Crippen molar-refractivity contribution in [2.24, 2.45) is 17.3 Å². The van der Waals surface area contributed by atoms with Crippen LogP contribution in [-0.4, -0.2) is 35.2 Å². The molecule has 3 fully saturated rings. The number of hydrazine groups is 1. The van der Waals surface area contributed by atoms with Gasteiger partial charge in [0.25, 0.3) is 0 Å². The largest absolute Gasteiger partial charge is 0.393 e. The fourth-order valence-electron chi connectivity index (χ4n) is 5.21. The van der Waals surface area contributed by atoms with Crippen LogP contribution < -0.4 is 5.43 Å². The molecule has 1 aliphatic heterocycles. The summed E-state index contributed by atoms with van der Waals surface area (Å²) in [5.41, 5.74) is 4.25. The van der Waals surface area contributed by atoms with E-state index in [-0.39, 0.29) is 17.4 Å². The first-order valence-electron chi connectivity index (χ1n) is 9.44.